The smallest absolute Gasteiger partial charge is 0.263 e. The van der Waals surface area contributed by atoms with Gasteiger partial charge in [-0.15, -0.1) is 0 Å². The number of nitrogens with two attached hydrogens (primary N) is 1. The first-order valence-corrected chi connectivity index (χ1v) is 9.77. The fourth-order valence-corrected chi connectivity index (χ4v) is 2.69. The predicted molar refractivity (Wildman–Crippen MR) is 112 cm³/mol. The summed E-state index contributed by atoms with van der Waals surface area (Å²) in [6.07, 6.45) is 10.5. The monoisotopic (exact) mass is 390 g/mol. The second-order valence-electron chi connectivity index (χ2n) is 6.84. The van der Waals surface area contributed by atoms with Gasteiger partial charge in [-0.05, 0) is 39.7 Å². The van der Waals surface area contributed by atoms with Crippen LogP contribution in [0.25, 0.3) is 0 Å². The SMILES string of the molecule is C=C(/C=C\C)NC(C)[C@@H](C)/N=C(\OC)[C@@H](N)CCCCCC(=O)c1ncco1. The van der Waals surface area contributed by atoms with Gasteiger partial charge >= 0.3 is 0 Å². The zero-order valence-electron chi connectivity index (χ0n) is 17.5. The molecule has 7 heteroatoms. The molecule has 0 saturated carbocycles. The summed E-state index contributed by atoms with van der Waals surface area (Å²) in [4.78, 5) is 20.3. The van der Waals surface area contributed by atoms with Gasteiger partial charge in [0.15, 0.2) is 0 Å². The Morgan fingerprint density at radius 3 is 2.79 bits per heavy atom. The van der Waals surface area contributed by atoms with E-state index in [0.29, 0.717) is 12.3 Å². The van der Waals surface area contributed by atoms with Crippen molar-refractivity contribution in [2.45, 2.75) is 71.0 Å². The van der Waals surface area contributed by atoms with Gasteiger partial charge in [-0.3, -0.25) is 4.79 Å². The molecule has 156 valence electrons. The molecule has 1 heterocycles. The highest BCUT2D eigenvalue weighted by molar-refractivity contribution is 5.91. The minimum Gasteiger partial charge on any atom is -0.483 e. The third-order valence-corrected chi connectivity index (χ3v) is 4.45. The molecule has 0 amide bonds. The number of carbonyl (C=O) groups is 1. The Labute approximate surface area is 168 Å². The van der Waals surface area contributed by atoms with Crippen LogP contribution < -0.4 is 11.1 Å². The summed E-state index contributed by atoms with van der Waals surface area (Å²) in [5.41, 5.74) is 7.10. The topological polar surface area (TPSA) is 103 Å². The van der Waals surface area contributed by atoms with Crippen molar-refractivity contribution in [1.82, 2.24) is 10.3 Å². The predicted octanol–water partition coefficient (Wildman–Crippen LogP) is 3.64. The van der Waals surface area contributed by atoms with E-state index < -0.39 is 0 Å². The Kier molecular flexibility index (Phi) is 10.9. The van der Waals surface area contributed by atoms with Crippen LogP contribution in [-0.4, -0.2) is 41.9 Å². The van der Waals surface area contributed by atoms with E-state index in [1.165, 1.54) is 12.5 Å². The van der Waals surface area contributed by atoms with Crippen molar-refractivity contribution < 1.29 is 13.9 Å². The summed E-state index contributed by atoms with van der Waals surface area (Å²) in [7, 11) is 1.59. The maximum Gasteiger partial charge on any atom is 0.263 e. The van der Waals surface area contributed by atoms with E-state index in [4.69, 9.17) is 14.9 Å². The number of ketones is 1. The number of carbonyl (C=O) groups excluding carboxylic acids is 1. The van der Waals surface area contributed by atoms with Crippen molar-refractivity contribution in [2.75, 3.05) is 7.11 Å². The van der Waals surface area contributed by atoms with Gasteiger partial charge in [-0.25, -0.2) is 9.98 Å². The van der Waals surface area contributed by atoms with E-state index in [-0.39, 0.29) is 29.8 Å². The number of ether oxygens (including phenoxy) is 1. The van der Waals surface area contributed by atoms with Crippen LogP contribution in [0.4, 0.5) is 0 Å². The van der Waals surface area contributed by atoms with Crippen LogP contribution in [0, 0.1) is 0 Å². The maximum absolute atomic E-state index is 11.8. The number of hydrogen-bond acceptors (Lipinski definition) is 7. The standard InChI is InChI=1S/C21H34N4O3/c1-6-10-15(2)24-16(3)17(4)25-20(27-5)18(22)11-8-7-9-12-19(26)21-23-13-14-28-21/h6,10,13-14,16-18,24H,2,7-9,11-12,22H2,1,3-5H3/b10-6-,25-20-/t16?,17-,18+/m1/s1. The summed E-state index contributed by atoms with van der Waals surface area (Å²) < 4.78 is 10.4. The largest absolute Gasteiger partial charge is 0.483 e. The van der Waals surface area contributed by atoms with Crippen molar-refractivity contribution in [3.05, 3.63) is 42.8 Å². The molecule has 0 saturated heterocycles. The van der Waals surface area contributed by atoms with Gasteiger partial charge in [0.25, 0.3) is 5.89 Å². The maximum atomic E-state index is 11.8. The van der Waals surface area contributed by atoms with Crippen LogP contribution >= 0.6 is 0 Å². The number of allylic oxidation sites excluding steroid dienone is 2. The van der Waals surface area contributed by atoms with Gasteiger partial charge in [0.2, 0.25) is 11.7 Å². The molecule has 1 rings (SSSR count). The van der Waals surface area contributed by atoms with Crippen molar-refractivity contribution in [2.24, 2.45) is 10.7 Å². The Morgan fingerprint density at radius 1 is 1.43 bits per heavy atom. The summed E-state index contributed by atoms with van der Waals surface area (Å²) in [5, 5.41) is 3.30. The number of aromatic nitrogens is 1. The lowest BCUT2D eigenvalue weighted by Crippen LogP contribution is -2.37. The summed E-state index contributed by atoms with van der Waals surface area (Å²) in [6, 6.07) is -0.176. The molecule has 0 spiro atoms. The van der Waals surface area contributed by atoms with E-state index in [0.717, 1.165) is 31.4 Å². The first-order valence-electron chi connectivity index (χ1n) is 9.77. The fourth-order valence-electron chi connectivity index (χ4n) is 2.69. The molecular formula is C21H34N4O3. The summed E-state index contributed by atoms with van der Waals surface area (Å²) >= 11 is 0. The molecule has 1 aromatic heterocycles. The molecule has 1 unspecified atom stereocenters. The lowest BCUT2D eigenvalue weighted by molar-refractivity contribution is 0.0945. The second-order valence-corrected chi connectivity index (χ2v) is 6.84. The van der Waals surface area contributed by atoms with Gasteiger partial charge in [0.1, 0.15) is 6.26 Å². The van der Waals surface area contributed by atoms with E-state index >= 15 is 0 Å². The lowest BCUT2D eigenvalue weighted by Gasteiger charge is -2.22. The first-order chi connectivity index (χ1) is 13.4. The molecular weight excluding hydrogens is 356 g/mol. The second kappa shape index (κ2) is 12.9. The van der Waals surface area contributed by atoms with Crippen molar-refractivity contribution in [3.8, 4) is 0 Å². The Bertz CT molecular complexity index is 653. The molecule has 0 aromatic carbocycles. The molecule has 3 N–H and O–H groups in total. The summed E-state index contributed by atoms with van der Waals surface area (Å²) in [5.74, 6) is 0.663. The van der Waals surface area contributed by atoms with E-state index in [1.807, 2.05) is 32.9 Å². The van der Waals surface area contributed by atoms with Crippen LogP contribution in [0.1, 0.15) is 63.6 Å². The number of hydrogen-bond donors (Lipinski definition) is 2. The minimum atomic E-state index is -0.263. The molecule has 0 aliphatic heterocycles. The molecule has 0 aliphatic rings. The minimum absolute atomic E-state index is 0.0126. The van der Waals surface area contributed by atoms with E-state index in [1.54, 1.807) is 7.11 Å². The molecule has 1 aromatic rings. The number of oxazole rings is 1. The number of rotatable bonds is 13. The van der Waals surface area contributed by atoms with Crippen molar-refractivity contribution >= 4 is 11.7 Å². The van der Waals surface area contributed by atoms with Gasteiger partial charge in [-0.2, -0.15) is 0 Å². The highest BCUT2D eigenvalue weighted by atomic mass is 16.5. The first kappa shape index (κ1) is 23.6. The van der Waals surface area contributed by atoms with Crippen molar-refractivity contribution in [1.29, 1.82) is 0 Å². The normalized spacial score (nSPS) is 15.2. The van der Waals surface area contributed by atoms with Gasteiger partial charge in [-0.1, -0.05) is 25.5 Å². The van der Waals surface area contributed by atoms with Crippen LogP contribution in [0.15, 0.2) is 46.3 Å². The van der Waals surface area contributed by atoms with Crippen LogP contribution in [0.5, 0.6) is 0 Å². The van der Waals surface area contributed by atoms with Gasteiger partial charge < -0.3 is 20.2 Å². The van der Waals surface area contributed by atoms with Crippen LogP contribution in [0.2, 0.25) is 0 Å². The molecule has 28 heavy (non-hydrogen) atoms. The Balaban J connectivity index is 2.38. The molecule has 3 atom stereocenters. The quantitative estimate of drug-likeness (QED) is 0.175. The third-order valence-electron chi connectivity index (χ3n) is 4.45. The molecule has 0 bridgehead atoms. The van der Waals surface area contributed by atoms with Crippen LogP contribution in [0.3, 0.4) is 0 Å². The van der Waals surface area contributed by atoms with Crippen LogP contribution in [-0.2, 0) is 4.74 Å². The number of Topliss-reactive ketones (excluding diaryl/α,β-unsaturated/α-hetero) is 1. The number of nitrogens with one attached hydrogen (secondary N) is 1. The zero-order chi connectivity index (χ0) is 20.9. The van der Waals surface area contributed by atoms with Crippen molar-refractivity contribution in [3.63, 3.8) is 0 Å². The lowest BCUT2D eigenvalue weighted by atomic mass is 10.1. The number of nitrogens with zero attached hydrogens (tertiary/aromatic N) is 2. The third kappa shape index (κ3) is 8.52. The number of unbranched alkanes of at least 4 members (excludes halogenated alkanes) is 2. The average molecular weight is 391 g/mol. The zero-order valence-corrected chi connectivity index (χ0v) is 17.5. The van der Waals surface area contributed by atoms with E-state index in [9.17, 15) is 4.79 Å². The average Bonchev–Trinajstić information content (AvgIpc) is 3.20. The number of aliphatic imine (C=N–C) groups is 1. The highest BCUT2D eigenvalue weighted by Crippen LogP contribution is 2.11. The number of methoxy groups -OCH3 is 1. The molecule has 7 nitrogen and oxygen atoms in total. The van der Waals surface area contributed by atoms with Gasteiger partial charge in [0, 0.05) is 18.2 Å². The molecule has 0 fully saturated rings. The van der Waals surface area contributed by atoms with Gasteiger partial charge in [0.05, 0.1) is 25.4 Å². The molecule has 0 aliphatic carbocycles. The Hall–Kier alpha value is -2.41. The Morgan fingerprint density at radius 2 is 2.18 bits per heavy atom. The summed E-state index contributed by atoms with van der Waals surface area (Å²) in [6.45, 7) is 9.96. The molecule has 0 radical (unpaired) electrons. The van der Waals surface area contributed by atoms with E-state index in [2.05, 4.69) is 21.9 Å². The highest BCUT2D eigenvalue weighted by Gasteiger charge is 2.17. The fraction of sp³-hybridized carbons (Fsp3) is 0.571.